The number of rotatable bonds is 5. The molecule has 2 N–H and O–H groups in total. The number of pyridine rings is 1. The number of aromatic nitrogens is 3. The predicted octanol–water partition coefficient (Wildman–Crippen LogP) is 7.40. The Kier molecular flexibility index (Phi) is 7.97. The molecule has 44 heavy (non-hydrogen) atoms. The Morgan fingerprint density at radius 3 is 2.45 bits per heavy atom. The van der Waals surface area contributed by atoms with E-state index < -0.39 is 11.9 Å². The first-order valence-corrected chi connectivity index (χ1v) is 14.4. The molecule has 4 aromatic carbocycles. The van der Waals surface area contributed by atoms with Gasteiger partial charge in [-0.3, -0.25) is 4.79 Å². The molecular weight excluding hydrogens is 582 g/mol. The van der Waals surface area contributed by atoms with Crippen LogP contribution < -0.4 is 5.56 Å². The van der Waals surface area contributed by atoms with Gasteiger partial charge in [-0.05, 0) is 110 Å². The second kappa shape index (κ2) is 11.9. The maximum Gasteiger partial charge on any atom is 0.259 e. The van der Waals surface area contributed by atoms with Gasteiger partial charge in [0, 0.05) is 17.1 Å². The molecule has 0 saturated carbocycles. The van der Waals surface area contributed by atoms with Gasteiger partial charge < -0.3 is 19.6 Å². The third-order valence-corrected chi connectivity index (χ3v) is 8.65. The molecule has 2 aromatic heterocycles. The zero-order chi connectivity index (χ0) is 29.7. The molecule has 3 heterocycles. The van der Waals surface area contributed by atoms with Crippen LogP contribution in [-0.2, 0) is 0 Å². The number of nitrogens with one attached hydrogen (secondary N) is 1. The summed E-state index contributed by atoms with van der Waals surface area (Å²) in [7, 11) is 2.09. The molecule has 6 aromatic rings. The van der Waals surface area contributed by atoms with Crippen LogP contribution in [0.4, 0.5) is 8.78 Å². The molecule has 0 bridgehead atoms. The van der Waals surface area contributed by atoms with Gasteiger partial charge >= 0.3 is 0 Å². The van der Waals surface area contributed by atoms with Crippen LogP contribution in [0.5, 0.6) is 5.75 Å². The van der Waals surface area contributed by atoms with Gasteiger partial charge in [0.1, 0.15) is 29.3 Å². The summed E-state index contributed by atoms with van der Waals surface area (Å²) in [5.74, 6) is -0.359. The predicted molar refractivity (Wildman–Crippen MR) is 172 cm³/mol. The lowest BCUT2D eigenvalue weighted by Gasteiger charge is -2.29. The lowest BCUT2D eigenvalue weighted by molar-refractivity contribution is 0.253. The average molecular weight is 613 g/mol. The fourth-order valence-electron chi connectivity index (χ4n) is 6.27. The summed E-state index contributed by atoms with van der Waals surface area (Å²) in [6.45, 7) is 1.90. The summed E-state index contributed by atoms with van der Waals surface area (Å²) in [6.07, 6.45) is 3.48. The number of piperidine rings is 1. The van der Waals surface area contributed by atoms with Gasteiger partial charge in [0.2, 0.25) is 0 Å². The van der Waals surface area contributed by atoms with Gasteiger partial charge in [0.05, 0.1) is 11.0 Å². The van der Waals surface area contributed by atoms with Crippen LogP contribution in [0.25, 0.3) is 32.9 Å². The van der Waals surface area contributed by atoms with Crippen molar-refractivity contribution < 1.29 is 13.9 Å². The van der Waals surface area contributed by atoms with Crippen LogP contribution in [0.15, 0.2) is 95.9 Å². The van der Waals surface area contributed by atoms with Gasteiger partial charge in [-0.25, -0.2) is 13.8 Å². The average Bonchev–Trinajstić information content (AvgIpc) is 3.44. The number of imidazole rings is 1. The van der Waals surface area contributed by atoms with E-state index >= 15 is 4.39 Å². The van der Waals surface area contributed by atoms with Crippen molar-refractivity contribution >= 4 is 34.2 Å². The minimum Gasteiger partial charge on any atom is -0.508 e. The summed E-state index contributed by atoms with van der Waals surface area (Å²) in [6, 6.07) is 22.8. The van der Waals surface area contributed by atoms with E-state index in [1.165, 1.54) is 22.8 Å². The molecule has 1 aliphatic heterocycles. The number of fused-ring (bicyclic) bond motifs is 2. The van der Waals surface area contributed by atoms with Crippen molar-refractivity contribution in [2.45, 2.75) is 24.8 Å². The minimum atomic E-state index is -0.935. The van der Waals surface area contributed by atoms with Crippen LogP contribution in [0.3, 0.4) is 0 Å². The van der Waals surface area contributed by atoms with Gasteiger partial charge in [0.25, 0.3) is 5.56 Å². The van der Waals surface area contributed by atoms with Gasteiger partial charge in [-0.15, -0.1) is 12.4 Å². The van der Waals surface area contributed by atoms with Crippen LogP contribution in [0.1, 0.15) is 41.8 Å². The number of aromatic hydroxyl groups is 1. The third kappa shape index (κ3) is 5.36. The Morgan fingerprint density at radius 1 is 0.932 bits per heavy atom. The smallest absolute Gasteiger partial charge is 0.259 e. The monoisotopic (exact) mass is 612 g/mol. The summed E-state index contributed by atoms with van der Waals surface area (Å²) in [5, 5.41) is 11.9. The van der Waals surface area contributed by atoms with Crippen molar-refractivity contribution in [2.24, 2.45) is 0 Å². The number of phenols is 1. The first kappa shape index (κ1) is 29.5. The van der Waals surface area contributed by atoms with Crippen molar-refractivity contribution in [3.63, 3.8) is 0 Å². The molecule has 1 fully saturated rings. The van der Waals surface area contributed by atoms with Crippen molar-refractivity contribution in [3.05, 3.63) is 130 Å². The zero-order valence-electron chi connectivity index (χ0n) is 24.0. The highest BCUT2D eigenvalue weighted by molar-refractivity contribution is 5.87. The van der Waals surface area contributed by atoms with E-state index in [4.69, 9.17) is 4.98 Å². The topological polar surface area (TPSA) is 74.2 Å². The van der Waals surface area contributed by atoms with Gasteiger partial charge in [0.15, 0.2) is 0 Å². The number of para-hydroxylation sites is 2. The Bertz CT molecular complexity index is 2020. The molecule has 1 atom stereocenters. The first-order chi connectivity index (χ1) is 20.9. The number of phenolic OH excluding ortho intramolecular Hbond substituents is 1. The third-order valence-electron chi connectivity index (χ3n) is 8.65. The number of likely N-dealkylation sites (tertiary alicyclic amines) is 1. The lowest BCUT2D eigenvalue weighted by atomic mass is 9.88. The summed E-state index contributed by atoms with van der Waals surface area (Å²) in [4.78, 5) is 24.3. The van der Waals surface area contributed by atoms with Crippen molar-refractivity contribution in [1.29, 1.82) is 0 Å². The minimum absolute atomic E-state index is 0. The van der Waals surface area contributed by atoms with Crippen LogP contribution in [-0.4, -0.2) is 44.7 Å². The Labute approximate surface area is 259 Å². The molecule has 0 amide bonds. The van der Waals surface area contributed by atoms with E-state index in [1.54, 1.807) is 24.4 Å². The molecule has 1 aliphatic rings. The molecule has 0 radical (unpaired) electrons. The first-order valence-electron chi connectivity index (χ1n) is 14.4. The zero-order valence-corrected chi connectivity index (χ0v) is 24.8. The number of benzene rings is 4. The highest BCUT2D eigenvalue weighted by atomic mass is 35.5. The van der Waals surface area contributed by atoms with Gasteiger partial charge in [-0.1, -0.05) is 36.4 Å². The SMILES string of the molecule is CN1CCC(c2ccc(-c3ccc4ccn(C(c5nc6ccccc6[nH]5)c5cc(F)ccc5O)c(=O)c4c3)cc2F)CC1.Cl. The maximum atomic E-state index is 15.4. The van der Waals surface area contributed by atoms with Crippen LogP contribution in [0, 0.1) is 11.6 Å². The lowest BCUT2D eigenvalue weighted by Crippen LogP contribution is -2.29. The summed E-state index contributed by atoms with van der Waals surface area (Å²) < 4.78 is 31.3. The van der Waals surface area contributed by atoms with Crippen molar-refractivity contribution in [2.75, 3.05) is 20.1 Å². The Hall–Kier alpha value is -4.53. The van der Waals surface area contributed by atoms with Crippen molar-refractivity contribution in [3.8, 4) is 16.9 Å². The molecular formula is C35H31ClF2N4O2. The molecule has 0 aliphatic carbocycles. The number of halogens is 3. The van der Waals surface area contributed by atoms with Crippen LogP contribution >= 0.6 is 12.4 Å². The van der Waals surface area contributed by atoms with E-state index in [9.17, 15) is 14.3 Å². The van der Waals surface area contributed by atoms with Gasteiger partial charge in [-0.2, -0.15) is 0 Å². The highest BCUT2D eigenvalue weighted by Gasteiger charge is 2.26. The number of hydrogen-bond acceptors (Lipinski definition) is 4. The Morgan fingerprint density at radius 2 is 1.68 bits per heavy atom. The number of H-pyrrole nitrogens is 1. The largest absolute Gasteiger partial charge is 0.508 e. The summed E-state index contributed by atoms with van der Waals surface area (Å²) in [5.41, 5.74) is 3.41. The second-order valence-electron chi connectivity index (χ2n) is 11.4. The summed E-state index contributed by atoms with van der Waals surface area (Å²) >= 11 is 0. The molecule has 1 saturated heterocycles. The van der Waals surface area contributed by atoms with Crippen molar-refractivity contribution in [1.82, 2.24) is 19.4 Å². The maximum absolute atomic E-state index is 15.4. The highest BCUT2D eigenvalue weighted by Crippen LogP contribution is 2.35. The fraction of sp³-hybridized carbons (Fsp3) is 0.200. The van der Waals surface area contributed by atoms with E-state index in [0.29, 0.717) is 33.2 Å². The molecule has 7 rings (SSSR count). The number of hydrogen-bond donors (Lipinski definition) is 2. The number of aromatic amines is 1. The standard InChI is InChI=1S/C35H30F2N4O2.ClH/c1-40-15-12-22(13-16-40)26-10-8-24(19-29(26)37)23-7-6-21-14-17-41(35(43)27(21)18-23)33(28-20-25(36)9-11-32(28)42)34-38-30-4-2-3-5-31(30)39-34;/h2-11,14,17-20,22,33,42H,12-13,15-16H2,1H3,(H,38,39);1H. The van der Waals surface area contributed by atoms with E-state index in [0.717, 1.165) is 37.0 Å². The second-order valence-corrected chi connectivity index (χ2v) is 11.4. The van der Waals surface area contributed by atoms with E-state index in [1.807, 2.05) is 48.5 Å². The molecule has 0 spiro atoms. The normalized spacial score (nSPS) is 15.0. The van der Waals surface area contributed by atoms with Crippen LogP contribution in [0.2, 0.25) is 0 Å². The molecule has 9 heteroatoms. The Balaban J connectivity index is 0.00000343. The quantitative estimate of drug-likeness (QED) is 0.213. The number of nitrogens with zero attached hydrogens (tertiary/aromatic N) is 3. The molecule has 224 valence electrons. The van der Waals surface area contributed by atoms with E-state index in [-0.39, 0.29) is 41.0 Å². The molecule has 1 unspecified atom stereocenters. The van der Waals surface area contributed by atoms with E-state index in [2.05, 4.69) is 16.9 Å². The molecule has 6 nitrogen and oxygen atoms in total. The fourth-order valence-corrected chi connectivity index (χ4v) is 6.27.